The number of benzene rings is 2. The summed E-state index contributed by atoms with van der Waals surface area (Å²) in [6.07, 6.45) is 9.05. The Hall–Kier alpha value is -3.54. The molecule has 0 aliphatic heterocycles. The van der Waals surface area contributed by atoms with Crippen LogP contribution in [0.4, 0.5) is 0 Å². The molecule has 0 saturated carbocycles. The second-order valence-corrected chi connectivity index (χ2v) is 9.08. The summed E-state index contributed by atoms with van der Waals surface area (Å²) in [6, 6.07) is 11.1. The molecule has 0 amide bonds. The number of aryl methyl sites for hydroxylation is 4. The lowest BCUT2D eigenvalue weighted by atomic mass is 9.95. The van der Waals surface area contributed by atoms with Crippen LogP contribution in [0, 0.1) is 0 Å². The molecule has 2 aliphatic rings. The molecule has 2 N–H and O–H groups in total. The topological polar surface area (TPSA) is 84.2 Å². The molecule has 0 fully saturated rings. The highest BCUT2D eigenvalue weighted by atomic mass is 16.7. The minimum Gasteiger partial charge on any atom is -0.424 e. The van der Waals surface area contributed by atoms with E-state index >= 15 is 0 Å². The fourth-order valence-corrected chi connectivity index (χ4v) is 5.38. The largest absolute Gasteiger partial charge is 0.424 e. The van der Waals surface area contributed by atoms with E-state index in [1.807, 2.05) is 24.3 Å². The Morgan fingerprint density at radius 1 is 0.667 bits per heavy atom. The number of fused-ring (bicyclic) bond motifs is 6. The standard InChI is InChI=1S/C27H26N2O4/c30-26(16-9-11-20-18-5-1-3-7-22(18)28-24(20)13-16)32-15-33-27(31)17-10-12-21-19-6-2-4-8-23(19)29-25(21)14-17/h9-14,28-29H,1-8,15H2. The molecule has 33 heavy (non-hydrogen) atoms. The van der Waals surface area contributed by atoms with Crippen molar-refractivity contribution in [2.45, 2.75) is 51.4 Å². The summed E-state index contributed by atoms with van der Waals surface area (Å²) in [6.45, 7) is -0.420. The quantitative estimate of drug-likeness (QED) is 0.328. The maximum absolute atomic E-state index is 12.5. The van der Waals surface area contributed by atoms with Gasteiger partial charge in [-0.3, -0.25) is 0 Å². The third kappa shape index (κ3) is 3.59. The lowest BCUT2D eigenvalue weighted by Crippen LogP contribution is -2.13. The first-order chi connectivity index (χ1) is 16.2. The van der Waals surface area contributed by atoms with Gasteiger partial charge in [0.25, 0.3) is 0 Å². The summed E-state index contributed by atoms with van der Waals surface area (Å²) < 4.78 is 10.4. The fourth-order valence-electron chi connectivity index (χ4n) is 5.38. The maximum atomic E-state index is 12.5. The van der Waals surface area contributed by atoms with Gasteiger partial charge in [0.2, 0.25) is 6.79 Å². The number of H-pyrrole nitrogens is 2. The van der Waals surface area contributed by atoms with E-state index in [1.165, 1.54) is 59.0 Å². The first kappa shape index (κ1) is 20.1. The molecule has 0 atom stereocenters. The molecule has 0 radical (unpaired) electrons. The summed E-state index contributed by atoms with van der Waals surface area (Å²) in [7, 11) is 0. The second-order valence-electron chi connectivity index (χ2n) is 9.08. The average molecular weight is 443 g/mol. The van der Waals surface area contributed by atoms with E-state index in [9.17, 15) is 9.59 Å². The van der Waals surface area contributed by atoms with Crippen molar-refractivity contribution in [3.8, 4) is 0 Å². The molecular weight excluding hydrogens is 416 g/mol. The Kier molecular flexibility index (Phi) is 4.93. The number of hydrogen-bond acceptors (Lipinski definition) is 4. The molecule has 6 rings (SSSR count). The van der Waals surface area contributed by atoms with Crippen LogP contribution in [0.1, 0.15) is 68.9 Å². The zero-order valence-corrected chi connectivity index (χ0v) is 18.5. The van der Waals surface area contributed by atoms with E-state index in [2.05, 4.69) is 9.97 Å². The maximum Gasteiger partial charge on any atom is 0.341 e. The van der Waals surface area contributed by atoms with E-state index in [0.29, 0.717) is 11.1 Å². The molecule has 0 bridgehead atoms. The number of aromatic nitrogens is 2. The number of aromatic amines is 2. The fraction of sp³-hybridized carbons (Fsp3) is 0.333. The monoisotopic (exact) mass is 442 g/mol. The van der Waals surface area contributed by atoms with Crippen molar-refractivity contribution in [1.29, 1.82) is 0 Å². The number of nitrogens with one attached hydrogen (secondary N) is 2. The first-order valence-electron chi connectivity index (χ1n) is 11.8. The molecule has 0 saturated heterocycles. The lowest BCUT2D eigenvalue weighted by molar-refractivity contribution is -0.0167. The van der Waals surface area contributed by atoms with Gasteiger partial charge < -0.3 is 19.4 Å². The van der Waals surface area contributed by atoms with Crippen LogP contribution < -0.4 is 0 Å². The van der Waals surface area contributed by atoms with Crippen molar-refractivity contribution in [3.05, 3.63) is 70.0 Å². The zero-order chi connectivity index (χ0) is 22.4. The van der Waals surface area contributed by atoms with E-state index in [0.717, 1.165) is 36.7 Å². The third-order valence-electron chi connectivity index (χ3n) is 7.05. The summed E-state index contributed by atoms with van der Waals surface area (Å²) >= 11 is 0. The van der Waals surface area contributed by atoms with Gasteiger partial charge in [-0.15, -0.1) is 0 Å². The van der Waals surface area contributed by atoms with Gasteiger partial charge in [-0.1, -0.05) is 12.1 Å². The van der Waals surface area contributed by atoms with Crippen molar-refractivity contribution in [2.75, 3.05) is 6.79 Å². The Balaban J connectivity index is 1.11. The van der Waals surface area contributed by atoms with Crippen LogP contribution in [-0.4, -0.2) is 28.7 Å². The second kappa shape index (κ2) is 8.10. The van der Waals surface area contributed by atoms with Crippen LogP contribution in [0.25, 0.3) is 21.8 Å². The summed E-state index contributed by atoms with van der Waals surface area (Å²) in [5.74, 6) is -1.02. The molecule has 2 aliphatic carbocycles. The van der Waals surface area contributed by atoms with Crippen molar-refractivity contribution in [1.82, 2.24) is 9.97 Å². The minimum absolute atomic E-state index is 0.420. The van der Waals surface area contributed by atoms with Crippen molar-refractivity contribution in [3.63, 3.8) is 0 Å². The summed E-state index contributed by atoms with van der Waals surface area (Å²) in [5, 5.41) is 2.35. The van der Waals surface area contributed by atoms with Crippen molar-refractivity contribution in [2.24, 2.45) is 0 Å². The van der Waals surface area contributed by atoms with Gasteiger partial charge >= 0.3 is 11.9 Å². The smallest absolute Gasteiger partial charge is 0.341 e. The van der Waals surface area contributed by atoms with E-state index in [4.69, 9.17) is 9.47 Å². The molecule has 168 valence electrons. The highest BCUT2D eigenvalue weighted by molar-refractivity contribution is 5.97. The van der Waals surface area contributed by atoms with Crippen molar-refractivity contribution >= 4 is 33.7 Å². The van der Waals surface area contributed by atoms with Crippen LogP contribution in [0.5, 0.6) is 0 Å². The predicted octanol–water partition coefficient (Wildman–Crippen LogP) is 5.38. The highest BCUT2D eigenvalue weighted by Gasteiger charge is 2.19. The Morgan fingerprint density at radius 3 is 1.61 bits per heavy atom. The Morgan fingerprint density at radius 2 is 1.12 bits per heavy atom. The molecule has 4 aromatic rings. The average Bonchev–Trinajstić information content (AvgIpc) is 3.41. The first-order valence-corrected chi connectivity index (χ1v) is 11.8. The van der Waals surface area contributed by atoms with Crippen LogP contribution in [0.15, 0.2) is 36.4 Å². The van der Waals surface area contributed by atoms with Crippen molar-refractivity contribution < 1.29 is 19.1 Å². The molecule has 0 unspecified atom stereocenters. The van der Waals surface area contributed by atoms with Gasteiger partial charge in [0.15, 0.2) is 0 Å². The Labute approximate surface area is 191 Å². The molecule has 0 spiro atoms. The predicted molar refractivity (Wildman–Crippen MR) is 126 cm³/mol. The number of carbonyl (C=O) groups is 2. The highest BCUT2D eigenvalue weighted by Crippen LogP contribution is 2.31. The lowest BCUT2D eigenvalue weighted by Gasteiger charge is -2.10. The van der Waals surface area contributed by atoms with Gasteiger partial charge in [-0.05, 0) is 86.8 Å². The molecule has 2 aromatic carbocycles. The number of ether oxygens (including phenoxy) is 2. The van der Waals surface area contributed by atoms with E-state index in [-0.39, 0.29) is 0 Å². The summed E-state index contributed by atoms with van der Waals surface area (Å²) in [4.78, 5) is 31.9. The summed E-state index contributed by atoms with van der Waals surface area (Å²) in [5.41, 5.74) is 8.07. The van der Waals surface area contributed by atoms with Crippen LogP contribution in [0.3, 0.4) is 0 Å². The third-order valence-corrected chi connectivity index (χ3v) is 7.05. The zero-order valence-electron chi connectivity index (χ0n) is 18.5. The van der Waals surface area contributed by atoms with Gasteiger partial charge in [0, 0.05) is 33.2 Å². The van der Waals surface area contributed by atoms with E-state index in [1.54, 1.807) is 12.1 Å². The van der Waals surface area contributed by atoms with Crippen LogP contribution >= 0.6 is 0 Å². The molecule has 2 heterocycles. The normalized spacial score (nSPS) is 15.3. The Bertz CT molecular complexity index is 1290. The molecule has 2 aromatic heterocycles. The van der Waals surface area contributed by atoms with Gasteiger partial charge in [-0.2, -0.15) is 0 Å². The number of hydrogen-bond donors (Lipinski definition) is 2. The van der Waals surface area contributed by atoms with Gasteiger partial charge in [0.1, 0.15) is 0 Å². The van der Waals surface area contributed by atoms with Gasteiger partial charge in [-0.25, -0.2) is 9.59 Å². The number of esters is 2. The minimum atomic E-state index is -0.509. The number of carbonyl (C=O) groups excluding carboxylic acids is 2. The van der Waals surface area contributed by atoms with Crippen LogP contribution in [0.2, 0.25) is 0 Å². The molecule has 6 nitrogen and oxygen atoms in total. The molecular formula is C27H26N2O4. The van der Waals surface area contributed by atoms with Crippen LogP contribution in [-0.2, 0) is 35.2 Å². The van der Waals surface area contributed by atoms with Gasteiger partial charge in [0.05, 0.1) is 11.1 Å². The SMILES string of the molecule is O=C(OCOC(=O)c1ccc2c3c([nH]c2c1)CCCC3)c1ccc2c3c([nH]c2c1)CCCC3. The number of rotatable bonds is 4. The molecule has 6 heteroatoms. The van der Waals surface area contributed by atoms with E-state index < -0.39 is 18.7 Å².